The molecule has 0 aliphatic carbocycles. The summed E-state index contributed by atoms with van der Waals surface area (Å²) in [4.78, 5) is 55.1. The average molecular weight is 426 g/mol. The molecule has 1 aromatic rings. The third kappa shape index (κ3) is 7.44. The fourth-order valence-electron chi connectivity index (χ4n) is 2.44. The van der Waals surface area contributed by atoms with Gasteiger partial charge >= 0.3 is 5.97 Å². The fraction of sp³-hybridized carbons (Fsp3) is 0.611. The Balaban J connectivity index is 2.85. The van der Waals surface area contributed by atoms with Crippen molar-refractivity contribution >= 4 is 23.7 Å². The SMILES string of the molecule is CC(NC(=O)C(Cc1cnc[nH]1)NC(=O)C(N)C(C)C)C(=O)NC(C(=O)O)C(C)O. The number of aromatic amines is 1. The second-order valence-corrected chi connectivity index (χ2v) is 7.41. The number of nitrogens with two attached hydrogens (primary N) is 1. The largest absolute Gasteiger partial charge is 0.480 e. The van der Waals surface area contributed by atoms with Crippen molar-refractivity contribution in [3.05, 3.63) is 18.2 Å². The van der Waals surface area contributed by atoms with Gasteiger partial charge in [0, 0.05) is 18.3 Å². The molecule has 0 aliphatic heterocycles. The lowest BCUT2D eigenvalue weighted by Gasteiger charge is -2.24. The Morgan fingerprint density at radius 1 is 1.07 bits per heavy atom. The van der Waals surface area contributed by atoms with E-state index >= 15 is 0 Å². The van der Waals surface area contributed by atoms with Crippen molar-refractivity contribution in [2.45, 2.75) is 64.4 Å². The van der Waals surface area contributed by atoms with Gasteiger partial charge in [-0.25, -0.2) is 9.78 Å². The molecule has 1 heterocycles. The van der Waals surface area contributed by atoms with Crippen LogP contribution in [0.2, 0.25) is 0 Å². The number of imidazole rings is 1. The Bertz CT molecular complexity index is 736. The van der Waals surface area contributed by atoms with E-state index < -0.39 is 54.0 Å². The molecular formula is C18H30N6O6. The van der Waals surface area contributed by atoms with Crippen LogP contribution in [0.4, 0.5) is 0 Å². The number of carboxylic acids is 1. The van der Waals surface area contributed by atoms with Gasteiger partial charge in [0.15, 0.2) is 6.04 Å². The first-order chi connectivity index (χ1) is 13.9. The summed E-state index contributed by atoms with van der Waals surface area (Å²) in [7, 11) is 0. The summed E-state index contributed by atoms with van der Waals surface area (Å²) >= 11 is 0. The molecule has 0 aliphatic rings. The third-order valence-electron chi connectivity index (χ3n) is 4.43. The Morgan fingerprint density at radius 2 is 1.70 bits per heavy atom. The summed E-state index contributed by atoms with van der Waals surface area (Å²) in [5, 5.41) is 25.7. The molecule has 12 heteroatoms. The summed E-state index contributed by atoms with van der Waals surface area (Å²) in [5.74, 6) is -3.56. The van der Waals surface area contributed by atoms with Crippen LogP contribution in [0.15, 0.2) is 12.5 Å². The van der Waals surface area contributed by atoms with Gasteiger partial charge in [0.2, 0.25) is 17.7 Å². The first-order valence-corrected chi connectivity index (χ1v) is 9.48. The number of nitrogens with zero attached hydrogens (tertiary/aromatic N) is 1. The number of hydrogen-bond acceptors (Lipinski definition) is 7. The maximum absolute atomic E-state index is 12.7. The molecule has 0 saturated heterocycles. The number of nitrogens with one attached hydrogen (secondary N) is 4. The molecule has 0 bridgehead atoms. The minimum Gasteiger partial charge on any atom is -0.480 e. The lowest BCUT2D eigenvalue weighted by molar-refractivity contribution is -0.145. The van der Waals surface area contributed by atoms with Gasteiger partial charge in [0.1, 0.15) is 12.1 Å². The fourth-order valence-corrected chi connectivity index (χ4v) is 2.44. The number of H-pyrrole nitrogens is 1. The van der Waals surface area contributed by atoms with E-state index in [0.29, 0.717) is 5.69 Å². The second kappa shape index (κ2) is 11.3. The summed E-state index contributed by atoms with van der Waals surface area (Å²) in [6.45, 7) is 6.10. The number of carbonyl (C=O) groups is 4. The van der Waals surface area contributed by atoms with Crippen molar-refractivity contribution < 1.29 is 29.4 Å². The van der Waals surface area contributed by atoms with E-state index in [1.54, 1.807) is 13.8 Å². The number of aliphatic carboxylic acids is 1. The summed E-state index contributed by atoms with van der Waals surface area (Å²) in [6.07, 6.45) is 1.65. The highest BCUT2D eigenvalue weighted by molar-refractivity contribution is 5.94. The first kappa shape index (κ1) is 25.0. The van der Waals surface area contributed by atoms with Crippen LogP contribution in [0.3, 0.4) is 0 Å². The van der Waals surface area contributed by atoms with E-state index in [4.69, 9.17) is 10.8 Å². The molecule has 1 rings (SSSR count). The van der Waals surface area contributed by atoms with Crippen LogP contribution < -0.4 is 21.7 Å². The molecule has 5 atom stereocenters. The third-order valence-corrected chi connectivity index (χ3v) is 4.43. The number of aliphatic hydroxyl groups excluding tert-OH is 1. The molecular weight excluding hydrogens is 396 g/mol. The Kier molecular flexibility index (Phi) is 9.40. The maximum Gasteiger partial charge on any atom is 0.328 e. The van der Waals surface area contributed by atoms with Gasteiger partial charge in [0.25, 0.3) is 0 Å². The van der Waals surface area contributed by atoms with Gasteiger partial charge in [-0.1, -0.05) is 13.8 Å². The molecule has 30 heavy (non-hydrogen) atoms. The number of amides is 3. The van der Waals surface area contributed by atoms with Crippen LogP contribution in [-0.4, -0.2) is 74.1 Å². The number of carboxylic acid groups (broad SMARTS) is 1. The van der Waals surface area contributed by atoms with Crippen molar-refractivity contribution in [3.8, 4) is 0 Å². The zero-order valence-electron chi connectivity index (χ0n) is 17.4. The highest BCUT2D eigenvalue weighted by Gasteiger charge is 2.30. The summed E-state index contributed by atoms with van der Waals surface area (Å²) < 4.78 is 0. The molecule has 1 aromatic heterocycles. The predicted octanol–water partition coefficient (Wildman–Crippen LogP) is -2.12. The van der Waals surface area contributed by atoms with Crippen LogP contribution >= 0.6 is 0 Å². The van der Waals surface area contributed by atoms with Crippen LogP contribution in [0, 0.1) is 5.92 Å². The normalized spacial score (nSPS) is 16.1. The molecule has 8 N–H and O–H groups in total. The molecule has 12 nitrogen and oxygen atoms in total. The molecule has 0 spiro atoms. The quantitative estimate of drug-likeness (QED) is 0.208. The minimum atomic E-state index is -1.53. The molecule has 0 aromatic carbocycles. The molecule has 0 saturated carbocycles. The van der Waals surface area contributed by atoms with Crippen LogP contribution in [0.1, 0.15) is 33.4 Å². The van der Waals surface area contributed by atoms with Gasteiger partial charge in [-0.3, -0.25) is 14.4 Å². The molecule has 0 fully saturated rings. The minimum absolute atomic E-state index is 0.0716. The number of aromatic nitrogens is 2. The lowest BCUT2D eigenvalue weighted by Crippen LogP contribution is -2.58. The van der Waals surface area contributed by atoms with Crippen molar-refractivity contribution in [2.24, 2.45) is 11.7 Å². The van der Waals surface area contributed by atoms with E-state index in [0.717, 1.165) is 0 Å². The van der Waals surface area contributed by atoms with Crippen molar-refractivity contribution in [1.29, 1.82) is 0 Å². The Hall–Kier alpha value is -2.99. The van der Waals surface area contributed by atoms with Gasteiger partial charge in [0.05, 0.1) is 18.5 Å². The average Bonchev–Trinajstić information content (AvgIpc) is 3.16. The van der Waals surface area contributed by atoms with E-state index in [-0.39, 0.29) is 12.3 Å². The highest BCUT2D eigenvalue weighted by Crippen LogP contribution is 2.04. The summed E-state index contributed by atoms with van der Waals surface area (Å²) in [5.41, 5.74) is 6.41. The Labute approximate surface area is 174 Å². The maximum atomic E-state index is 12.7. The number of hydrogen-bond donors (Lipinski definition) is 7. The topological polar surface area (TPSA) is 200 Å². The van der Waals surface area contributed by atoms with Crippen molar-refractivity contribution in [1.82, 2.24) is 25.9 Å². The highest BCUT2D eigenvalue weighted by atomic mass is 16.4. The number of rotatable bonds is 11. The van der Waals surface area contributed by atoms with Gasteiger partial charge in [-0.2, -0.15) is 0 Å². The van der Waals surface area contributed by atoms with Gasteiger partial charge in [-0.05, 0) is 19.8 Å². The number of aliphatic hydroxyl groups is 1. The van der Waals surface area contributed by atoms with Gasteiger partial charge < -0.3 is 36.9 Å². The van der Waals surface area contributed by atoms with Crippen molar-refractivity contribution in [2.75, 3.05) is 0 Å². The smallest absolute Gasteiger partial charge is 0.328 e. The zero-order chi connectivity index (χ0) is 23.0. The van der Waals surface area contributed by atoms with Crippen LogP contribution in [0.25, 0.3) is 0 Å². The van der Waals surface area contributed by atoms with E-state index in [9.17, 15) is 24.3 Å². The molecule has 3 amide bonds. The molecule has 168 valence electrons. The standard InChI is InChI=1S/C18H30N6O6/c1-8(2)13(19)17(28)23-12(5-11-6-20-7-21-11)16(27)22-9(3)15(26)24-14(10(4)25)18(29)30/h6-10,12-14,25H,5,19H2,1-4H3,(H,20,21)(H,22,27)(H,23,28)(H,24,26)(H,29,30). The first-order valence-electron chi connectivity index (χ1n) is 9.48. The predicted molar refractivity (Wildman–Crippen MR) is 106 cm³/mol. The molecule has 0 radical (unpaired) electrons. The zero-order valence-corrected chi connectivity index (χ0v) is 17.4. The monoisotopic (exact) mass is 426 g/mol. The van der Waals surface area contributed by atoms with E-state index in [1.165, 1.54) is 26.4 Å². The lowest BCUT2D eigenvalue weighted by atomic mass is 10.0. The van der Waals surface area contributed by atoms with Crippen LogP contribution in [0.5, 0.6) is 0 Å². The van der Waals surface area contributed by atoms with Gasteiger partial charge in [-0.15, -0.1) is 0 Å². The van der Waals surface area contributed by atoms with E-state index in [2.05, 4.69) is 25.9 Å². The molecule has 5 unspecified atom stereocenters. The number of carbonyl (C=O) groups excluding carboxylic acids is 3. The van der Waals surface area contributed by atoms with Crippen molar-refractivity contribution in [3.63, 3.8) is 0 Å². The van der Waals surface area contributed by atoms with E-state index in [1.807, 2.05) is 0 Å². The summed E-state index contributed by atoms with van der Waals surface area (Å²) in [6, 6.07) is -4.53. The second-order valence-electron chi connectivity index (χ2n) is 7.41. The Morgan fingerprint density at radius 3 is 2.17 bits per heavy atom. The van der Waals surface area contributed by atoms with Crippen LogP contribution in [-0.2, 0) is 25.6 Å².